The van der Waals surface area contributed by atoms with Gasteiger partial charge in [0, 0.05) is 17.6 Å². The van der Waals surface area contributed by atoms with Crippen molar-refractivity contribution in [2.75, 3.05) is 6.54 Å². The van der Waals surface area contributed by atoms with Crippen LogP contribution in [0.25, 0.3) is 0 Å². The van der Waals surface area contributed by atoms with Gasteiger partial charge in [0.05, 0.1) is 12.1 Å². The first-order valence-corrected chi connectivity index (χ1v) is 10.3. The molecule has 0 aromatic heterocycles. The molecule has 4 heteroatoms. The topological polar surface area (TPSA) is 61.4 Å². The molecule has 0 aliphatic heterocycles. The molecule has 1 aliphatic carbocycles. The molecule has 1 aliphatic rings. The quantitative estimate of drug-likeness (QED) is 0.591. The van der Waals surface area contributed by atoms with Crippen LogP contribution in [0.4, 0.5) is 0 Å². The van der Waals surface area contributed by atoms with E-state index in [0.29, 0.717) is 24.4 Å². The average Bonchev–Trinajstić information content (AvgIpc) is 3.46. The molecule has 3 rings (SSSR count). The van der Waals surface area contributed by atoms with Gasteiger partial charge in [0.15, 0.2) is 0 Å². The minimum Gasteiger partial charge on any atom is -0.390 e. The van der Waals surface area contributed by atoms with E-state index in [2.05, 4.69) is 24.5 Å². The maximum Gasteiger partial charge on any atom is 0.251 e. The second-order valence-corrected chi connectivity index (χ2v) is 8.46. The molecule has 28 heavy (non-hydrogen) atoms. The van der Waals surface area contributed by atoms with Crippen LogP contribution in [-0.2, 0) is 6.42 Å². The summed E-state index contributed by atoms with van der Waals surface area (Å²) >= 11 is 0. The number of amides is 1. The summed E-state index contributed by atoms with van der Waals surface area (Å²) in [5, 5.41) is 17.5. The van der Waals surface area contributed by atoms with Crippen molar-refractivity contribution in [3.8, 4) is 0 Å². The van der Waals surface area contributed by atoms with Gasteiger partial charge in [-0.05, 0) is 49.3 Å². The largest absolute Gasteiger partial charge is 0.390 e. The van der Waals surface area contributed by atoms with Crippen molar-refractivity contribution in [2.24, 2.45) is 5.92 Å². The third-order valence-corrected chi connectivity index (χ3v) is 5.45. The Balaban J connectivity index is 1.65. The van der Waals surface area contributed by atoms with Gasteiger partial charge in [-0.25, -0.2) is 0 Å². The second-order valence-electron chi connectivity index (χ2n) is 8.46. The number of benzene rings is 2. The van der Waals surface area contributed by atoms with Crippen molar-refractivity contribution in [1.82, 2.24) is 10.6 Å². The highest BCUT2D eigenvalue weighted by molar-refractivity contribution is 5.94. The SMILES string of the molecule is CC(C)CC1(NC[C@@H](O)[C@H](Cc2ccccc2)NC(=O)c2ccccc2)CC1. The van der Waals surface area contributed by atoms with Crippen LogP contribution in [-0.4, -0.2) is 35.2 Å². The summed E-state index contributed by atoms with van der Waals surface area (Å²) in [6.07, 6.45) is 3.39. The van der Waals surface area contributed by atoms with Gasteiger partial charge in [0.1, 0.15) is 0 Å². The summed E-state index contributed by atoms with van der Waals surface area (Å²) < 4.78 is 0. The fourth-order valence-electron chi connectivity index (χ4n) is 3.84. The normalized spacial score (nSPS) is 17.1. The number of carbonyl (C=O) groups excluding carboxylic acids is 1. The Morgan fingerprint density at radius 1 is 1.04 bits per heavy atom. The molecule has 0 heterocycles. The zero-order chi connectivity index (χ0) is 20.0. The maximum absolute atomic E-state index is 12.7. The number of nitrogens with one attached hydrogen (secondary N) is 2. The molecule has 150 valence electrons. The van der Waals surface area contributed by atoms with Gasteiger partial charge in [0.2, 0.25) is 0 Å². The lowest BCUT2D eigenvalue weighted by molar-refractivity contribution is 0.0820. The number of hydrogen-bond acceptors (Lipinski definition) is 3. The average molecular weight is 381 g/mol. The van der Waals surface area contributed by atoms with Crippen molar-refractivity contribution in [3.05, 3.63) is 71.8 Å². The Morgan fingerprint density at radius 3 is 2.21 bits per heavy atom. The Bertz CT molecular complexity index is 742. The molecule has 0 spiro atoms. The van der Waals surface area contributed by atoms with E-state index in [4.69, 9.17) is 0 Å². The number of aliphatic hydroxyl groups excluding tert-OH is 1. The monoisotopic (exact) mass is 380 g/mol. The van der Waals surface area contributed by atoms with E-state index in [9.17, 15) is 9.90 Å². The van der Waals surface area contributed by atoms with Gasteiger partial charge in [-0.15, -0.1) is 0 Å². The second kappa shape index (κ2) is 9.35. The van der Waals surface area contributed by atoms with Crippen LogP contribution in [0.2, 0.25) is 0 Å². The van der Waals surface area contributed by atoms with E-state index in [1.807, 2.05) is 48.5 Å². The fourth-order valence-corrected chi connectivity index (χ4v) is 3.84. The molecule has 2 aromatic carbocycles. The zero-order valence-corrected chi connectivity index (χ0v) is 16.9. The summed E-state index contributed by atoms with van der Waals surface area (Å²) in [7, 11) is 0. The predicted octanol–water partition coefficient (Wildman–Crippen LogP) is 3.56. The maximum atomic E-state index is 12.7. The number of rotatable bonds is 10. The molecule has 0 radical (unpaired) electrons. The molecule has 4 nitrogen and oxygen atoms in total. The van der Waals surface area contributed by atoms with E-state index < -0.39 is 6.10 Å². The van der Waals surface area contributed by atoms with E-state index in [-0.39, 0.29) is 17.5 Å². The minimum absolute atomic E-state index is 0.149. The molecule has 2 atom stereocenters. The van der Waals surface area contributed by atoms with Crippen LogP contribution >= 0.6 is 0 Å². The number of carbonyl (C=O) groups is 1. The van der Waals surface area contributed by atoms with Crippen LogP contribution in [0.5, 0.6) is 0 Å². The lowest BCUT2D eigenvalue weighted by Crippen LogP contribution is -2.50. The van der Waals surface area contributed by atoms with E-state index in [1.54, 1.807) is 12.1 Å². The van der Waals surface area contributed by atoms with Crippen LogP contribution in [0.3, 0.4) is 0 Å². The Morgan fingerprint density at radius 2 is 1.64 bits per heavy atom. The molecule has 3 N–H and O–H groups in total. The summed E-state index contributed by atoms with van der Waals surface area (Å²) in [6.45, 7) is 4.95. The highest BCUT2D eigenvalue weighted by Crippen LogP contribution is 2.40. The van der Waals surface area contributed by atoms with Crippen molar-refractivity contribution in [1.29, 1.82) is 0 Å². The van der Waals surface area contributed by atoms with Gasteiger partial charge < -0.3 is 15.7 Å². The van der Waals surface area contributed by atoms with Crippen LogP contribution in [0.15, 0.2) is 60.7 Å². The molecule has 1 fully saturated rings. The van der Waals surface area contributed by atoms with Crippen molar-refractivity contribution < 1.29 is 9.90 Å². The van der Waals surface area contributed by atoms with Gasteiger partial charge in [-0.3, -0.25) is 4.79 Å². The highest BCUT2D eigenvalue weighted by Gasteiger charge is 2.42. The smallest absolute Gasteiger partial charge is 0.251 e. The summed E-state index contributed by atoms with van der Waals surface area (Å²) in [5.74, 6) is 0.480. The van der Waals surface area contributed by atoms with Crippen molar-refractivity contribution >= 4 is 5.91 Å². The molecule has 0 unspecified atom stereocenters. The van der Waals surface area contributed by atoms with Gasteiger partial charge in [0.25, 0.3) is 5.91 Å². The first-order valence-electron chi connectivity index (χ1n) is 10.3. The Kier molecular flexibility index (Phi) is 6.87. The summed E-state index contributed by atoms with van der Waals surface area (Å²) in [5.41, 5.74) is 1.89. The summed E-state index contributed by atoms with van der Waals surface area (Å²) in [4.78, 5) is 12.7. The third kappa shape index (κ3) is 5.91. The highest BCUT2D eigenvalue weighted by atomic mass is 16.3. The van der Waals surface area contributed by atoms with Crippen LogP contribution in [0, 0.1) is 5.92 Å². The standard InChI is InChI=1S/C24H32N2O2/c1-18(2)16-24(13-14-24)25-17-22(27)21(15-19-9-5-3-6-10-19)26-23(28)20-11-7-4-8-12-20/h3-12,18,21-22,25,27H,13-17H2,1-2H3,(H,26,28)/t21-,22+/m0/s1. The first kappa shape index (κ1) is 20.6. The van der Waals surface area contributed by atoms with Gasteiger partial charge >= 0.3 is 0 Å². The van der Waals surface area contributed by atoms with E-state index in [1.165, 1.54) is 0 Å². The van der Waals surface area contributed by atoms with E-state index in [0.717, 1.165) is 24.8 Å². The van der Waals surface area contributed by atoms with Crippen molar-refractivity contribution in [2.45, 2.75) is 57.2 Å². The molecule has 1 saturated carbocycles. The molecular formula is C24H32N2O2. The third-order valence-electron chi connectivity index (χ3n) is 5.45. The number of aliphatic hydroxyl groups is 1. The fraction of sp³-hybridized carbons (Fsp3) is 0.458. The lowest BCUT2D eigenvalue weighted by atomic mass is 9.98. The molecule has 0 saturated heterocycles. The molecular weight excluding hydrogens is 348 g/mol. The first-order chi connectivity index (χ1) is 13.5. The summed E-state index contributed by atoms with van der Waals surface area (Å²) in [6, 6.07) is 18.8. The molecule has 0 bridgehead atoms. The Hall–Kier alpha value is -2.17. The number of hydrogen-bond donors (Lipinski definition) is 3. The minimum atomic E-state index is -0.655. The molecule has 1 amide bonds. The zero-order valence-electron chi connectivity index (χ0n) is 16.9. The predicted molar refractivity (Wildman–Crippen MR) is 113 cm³/mol. The van der Waals surface area contributed by atoms with Gasteiger partial charge in [-0.1, -0.05) is 62.4 Å². The van der Waals surface area contributed by atoms with Gasteiger partial charge in [-0.2, -0.15) is 0 Å². The van der Waals surface area contributed by atoms with Crippen molar-refractivity contribution in [3.63, 3.8) is 0 Å². The Labute approximate surface area is 168 Å². The van der Waals surface area contributed by atoms with Crippen LogP contribution < -0.4 is 10.6 Å². The lowest BCUT2D eigenvalue weighted by Gasteiger charge is -2.27. The molecule has 2 aromatic rings. The van der Waals surface area contributed by atoms with E-state index >= 15 is 0 Å². The van der Waals surface area contributed by atoms with Crippen LogP contribution in [0.1, 0.15) is 49.0 Å². The number of β-amino-alcohol motifs (C(OH)–C–C–N with tert-alkyl or cyclic N) is 1.